The second-order valence-corrected chi connectivity index (χ2v) is 5.46. The molecule has 0 saturated heterocycles. The monoisotopic (exact) mass is 309 g/mol. The summed E-state index contributed by atoms with van der Waals surface area (Å²) in [6, 6.07) is 8.72. The summed E-state index contributed by atoms with van der Waals surface area (Å²) < 4.78 is 26.8. The van der Waals surface area contributed by atoms with E-state index in [-0.39, 0.29) is 17.7 Å². The Labute approximate surface area is 128 Å². The van der Waals surface area contributed by atoms with E-state index in [9.17, 15) is 8.78 Å². The first-order chi connectivity index (χ1) is 10.0. The first-order valence-electron chi connectivity index (χ1n) is 6.97. The number of hydrogen-bond donors (Lipinski definition) is 1. The smallest absolute Gasteiger partial charge is 0.124 e. The van der Waals surface area contributed by atoms with Crippen LogP contribution >= 0.6 is 11.6 Å². The van der Waals surface area contributed by atoms with Crippen LogP contribution in [-0.2, 0) is 0 Å². The highest BCUT2D eigenvalue weighted by Gasteiger charge is 2.19. The molecule has 0 fully saturated rings. The lowest BCUT2D eigenvalue weighted by molar-refractivity contribution is 0.580. The minimum absolute atomic E-state index is 0.256. The quantitative estimate of drug-likeness (QED) is 0.818. The third-order valence-corrected chi connectivity index (χ3v) is 3.75. The summed E-state index contributed by atoms with van der Waals surface area (Å²) in [6.45, 7) is 4.73. The van der Waals surface area contributed by atoms with Crippen LogP contribution in [0, 0.1) is 18.6 Å². The van der Waals surface area contributed by atoms with Gasteiger partial charge in [-0.15, -0.1) is 0 Å². The molecule has 0 aromatic heterocycles. The average molecular weight is 310 g/mol. The molecule has 1 atom stereocenters. The molecule has 1 unspecified atom stereocenters. The zero-order chi connectivity index (χ0) is 15.4. The maximum Gasteiger partial charge on any atom is 0.124 e. The Morgan fingerprint density at radius 2 is 1.71 bits per heavy atom. The van der Waals surface area contributed by atoms with Crippen molar-refractivity contribution in [1.29, 1.82) is 0 Å². The van der Waals surface area contributed by atoms with Crippen LogP contribution in [0.2, 0.25) is 5.02 Å². The number of benzene rings is 2. The second-order valence-electron chi connectivity index (χ2n) is 5.05. The van der Waals surface area contributed by atoms with Crippen molar-refractivity contribution in [2.24, 2.45) is 0 Å². The Balaban J connectivity index is 2.49. The standard InChI is InChI=1S/C17H18ClF2N/c1-3-8-21-17(14-7-6-13(20)10-16(14)18)15-9-12(19)5-4-11(15)2/h4-7,9-10,17,21H,3,8H2,1-2H3. The molecule has 0 aliphatic heterocycles. The predicted molar refractivity (Wildman–Crippen MR) is 82.7 cm³/mol. The Morgan fingerprint density at radius 1 is 1.05 bits per heavy atom. The fourth-order valence-corrected chi connectivity index (χ4v) is 2.61. The van der Waals surface area contributed by atoms with Crippen LogP contribution in [-0.4, -0.2) is 6.54 Å². The lowest BCUT2D eigenvalue weighted by Gasteiger charge is -2.22. The molecule has 2 aromatic rings. The van der Waals surface area contributed by atoms with Crippen LogP contribution in [0.4, 0.5) is 8.78 Å². The van der Waals surface area contributed by atoms with Gasteiger partial charge in [-0.25, -0.2) is 8.78 Å². The highest BCUT2D eigenvalue weighted by molar-refractivity contribution is 6.31. The largest absolute Gasteiger partial charge is 0.306 e. The number of rotatable bonds is 5. The van der Waals surface area contributed by atoms with Crippen molar-refractivity contribution in [3.63, 3.8) is 0 Å². The number of aryl methyl sites for hydroxylation is 1. The van der Waals surface area contributed by atoms with Crippen LogP contribution in [0.5, 0.6) is 0 Å². The Morgan fingerprint density at radius 3 is 2.38 bits per heavy atom. The van der Waals surface area contributed by atoms with Crippen molar-refractivity contribution in [3.8, 4) is 0 Å². The van der Waals surface area contributed by atoms with Crippen molar-refractivity contribution < 1.29 is 8.78 Å². The molecule has 0 aliphatic carbocycles. The highest BCUT2D eigenvalue weighted by atomic mass is 35.5. The topological polar surface area (TPSA) is 12.0 Å². The average Bonchev–Trinajstić information content (AvgIpc) is 2.44. The lowest BCUT2D eigenvalue weighted by atomic mass is 9.94. The van der Waals surface area contributed by atoms with Gasteiger partial charge in [0, 0.05) is 5.02 Å². The van der Waals surface area contributed by atoms with E-state index in [1.54, 1.807) is 12.1 Å². The second kappa shape index (κ2) is 7.01. The van der Waals surface area contributed by atoms with Crippen LogP contribution in [0.1, 0.15) is 36.1 Å². The van der Waals surface area contributed by atoms with Gasteiger partial charge in [-0.3, -0.25) is 0 Å². The number of hydrogen-bond acceptors (Lipinski definition) is 1. The fourth-order valence-electron chi connectivity index (χ4n) is 2.33. The molecular formula is C17H18ClF2N. The van der Waals surface area contributed by atoms with Gasteiger partial charge >= 0.3 is 0 Å². The molecule has 0 heterocycles. The maximum atomic E-state index is 13.6. The molecule has 2 aromatic carbocycles. The summed E-state index contributed by atoms with van der Waals surface area (Å²) >= 11 is 6.17. The zero-order valence-electron chi connectivity index (χ0n) is 12.1. The molecule has 0 bridgehead atoms. The van der Waals surface area contributed by atoms with Gasteiger partial charge in [0.25, 0.3) is 0 Å². The van der Waals surface area contributed by atoms with E-state index in [1.807, 2.05) is 6.92 Å². The highest BCUT2D eigenvalue weighted by Crippen LogP contribution is 2.31. The summed E-state index contributed by atoms with van der Waals surface area (Å²) in [6.07, 6.45) is 0.934. The third-order valence-electron chi connectivity index (χ3n) is 3.42. The van der Waals surface area contributed by atoms with Gasteiger partial charge in [-0.2, -0.15) is 0 Å². The SMILES string of the molecule is CCCNC(c1cc(F)ccc1C)c1ccc(F)cc1Cl. The van der Waals surface area contributed by atoms with Gasteiger partial charge in [0.1, 0.15) is 11.6 Å². The van der Waals surface area contributed by atoms with Gasteiger partial charge in [0.05, 0.1) is 6.04 Å². The van der Waals surface area contributed by atoms with E-state index in [4.69, 9.17) is 11.6 Å². The van der Waals surface area contributed by atoms with Gasteiger partial charge in [-0.05, 0) is 60.8 Å². The first kappa shape index (κ1) is 15.9. The van der Waals surface area contributed by atoms with Gasteiger partial charge in [0.2, 0.25) is 0 Å². The van der Waals surface area contributed by atoms with E-state index in [2.05, 4.69) is 12.2 Å². The summed E-state index contributed by atoms with van der Waals surface area (Å²) in [7, 11) is 0. The van der Waals surface area contributed by atoms with Crippen molar-refractivity contribution in [3.05, 3.63) is 69.7 Å². The van der Waals surface area contributed by atoms with Crippen LogP contribution < -0.4 is 5.32 Å². The Bertz CT molecular complexity index is 628. The molecule has 4 heteroatoms. The number of halogens is 3. The molecule has 112 valence electrons. The molecule has 1 N–H and O–H groups in total. The van der Waals surface area contributed by atoms with E-state index in [1.165, 1.54) is 24.3 Å². The van der Waals surface area contributed by atoms with Gasteiger partial charge in [0.15, 0.2) is 0 Å². The Kier molecular flexibility index (Phi) is 5.32. The molecule has 0 aliphatic rings. The summed E-state index contributed by atoms with van der Waals surface area (Å²) in [5.74, 6) is -0.675. The molecule has 0 amide bonds. The van der Waals surface area contributed by atoms with Crippen LogP contribution in [0.15, 0.2) is 36.4 Å². The summed E-state index contributed by atoms with van der Waals surface area (Å²) in [4.78, 5) is 0. The van der Waals surface area contributed by atoms with Crippen molar-refractivity contribution in [1.82, 2.24) is 5.32 Å². The molecular weight excluding hydrogens is 292 g/mol. The van der Waals surface area contributed by atoms with E-state index >= 15 is 0 Å². The summed E-state index contributed by atoms with van der Waals surface area (Å²) in [5.41, 5.74) is 2.53. The normalized spacial score (nSPS) is 12.4. The third kappa shape index (κ3) is 3.80. The zero-order valence-corrected chi connectivity index (χ0v) is 12.8. The minimum atomic E-state index is -0.381. The molecule has 0 radical (unpaired) electrons. The molecule has 1 nitrogen and oxygen atoms in total. The molecule has 0 spiro atoms. The van der Waals surface area contributed by atoms with Crippen molar-refractivity contribution in [2.45, 2.75) is 26.3 Å². The lowest BCUT2D eigenvalue weighted by Crippen LogP contribution is -2.24. The number of nitrogens with one attached hydrogen (secondary N) is 1. The molecule has 2 rings (SSSR count). The maximum absolute atomic E-state index is 13.6. The first-order valence-corrected chi connectivity index (χ1v) is 7.35. The van der Waals surface area contributed by atoms with Crippen LogP contribution in [0.3, 0.4) is 0 Å². The van der Waals surface area contributed by atoms with Crippen molar-refractivity contribution >= 4 is 11.6 Å². The van der Waals surface area contributed by atoms with Crippen LogP contribution in [0.25, 0.3) is 0 Å². The van der Waals surface area contributed by atoms with Gasteiger partial charge in [-0.1, -0.05) is 30.7 Å². The molecule has 0 saturated carbocycles. The summed E-state index contributed by atoms with van der Waals surface area (Å²) in [5, 5.41) is 3.70. The van der Waals surface area contributed by atoms with E-state index in [0.29, 0.717) is 5.02 Å². The van der Waals surface area contributed by atoms with E-state index < -0.39 is 0 Å². The van der Waals surface area contributed by atoms with E-state index in [0.717, 1.165) is 29.7 Å². The molecule has 21 heavy (non-hydrogen) atoms. The van der Waals surface area contributed by atoms with Crippen molar-refractivity contribution in [2.75, 3.05) is 6.54 Å². The van der Waals surface area contributed by atoms with Gasteiger partial charge < -0.3 is 5.32 Å². The predicted octanol–water partition coefficient (Wildman–Crippen LogP) is 5.02. The minimum Gasteiger partial charge on any atom is -0.306 e. The fraction of sp³-hybridized carbons (Fsp3) is 0.294. The Hall–Kier alpha value is -1.45.